The van der Waals surface area contributed by atoms with Gasteiger partial charge in [0.25, 0.3) is 0 Å². The summed E-state index contributed by atoms with van der Waals surface area (Å²) in [5.74, 6) is 0. The zero-order valence-corrected chi connectivity index (χ0v) is 10.6. The average molecular weight is 252 g/mol. The van der Waals surface area contributed by atoms with Crippen molar-refractivity contribution in [3.8, 4) is 0 Å². The molecule has 1 aromatic rings. The van der Waals surface area contributed by atoms with Gasteiger partial charge in [0.05, 0.1) is 19.4 Å². The van der Waals surface area contributed by atoms with E-state index < -0.39 is 12.2 Å². The first-order valence-electron chi connectivity index (χ1n) is 5.46. The van der Waals surface area contributed by atoms with Crippen LogP contribution in [0.25, 0.3) is 0 Å². The van der Waals surface area contributed by atoms with Crippen LogP contribution < -0.4 is 10.4 Å². The maximum Gasteiger partial charge on any atom is 0.433 e. The van der Waals surface area contributed by atoms with E-state index in [0.717, 1.165) is 10.6 Å². The molecule has 1 aromatic carbocycles. The molecular formula is C12H16N2O4. The predicted molar refractivity (Wildman–Crippen MR) is 66.2 cm³/mol. The van der Waals surface area contributed by atoms with Crippen molar-refractivity contribution in [1.82, 2.24) is 5.43 Å². The van der Waals surface area contributed by atoms with Crippen LogP contribution in [0.2, 0.25) is 0 Å². The first-order valence-corrected chi connectivity index (χ1v) is 5.46. The Balaban J connectivity index is 2.88. The molecule has 0 heterocycles. The summed E-state index contributed by atoms with van der Waals surface area (Å²) < 4.78 is 9.31. The average Bonchev–Trinajstić information content (AvgIpc) is 2.36. The van der Waals surface area contributed by atoms with Crippen LogP contribution in [0.4, 0.5) is 15.3 Å². The third-order valence-electron chi connectivity index (χ3n) is 2.13. The standard InChI is InChI=1S/C12H16N2O4/c1-4-18-11(15)13-14(12(16)17-3)10-7-5-9(2)6-8-10/h5-8H,4H2,1-3H3,(H,13,15). The maximum atomic E-state index is 11.6. The molecule has 0 aliphatic rings. The first kappa shape index (κ1) is 13.8. The van der Waals surface area contributed by atoms with Gasteiger partial charge in [-0.05, 0) is 26.0 Å². The highest BCUT2D eigenvalue weighted by molar-refractivity contribution is 5.90. The molecule has 0 fully saturated rings. The molecule has 1 N–H and O–H groups in total. The molecule has 6 heteroatoms. The number of nitrogens with zero attached hydrogens (tertiary/aromatic N) is 1. The summed E-state index contributed by atoms with van der Waals surface area (Å²) in [5, 5.41) is 0.984. The molecule has 0 saturated carbocycles. The fourth-order valence-electron chi connectivity index (χ4n) is 1.26. The Labute approximate surface area is 105 Å². The Morgan fingerprint density at radius 1 is 1.28 bits per heavy atom. The van der Waals surface area contributed by atoms with Crippen LogP contribution in [0.1, 0.15) is 12.5 Å². The van der Waals surface area contributed by atoms with Crippen LogP contribution in [-0.2, 0) is 9.47 Å². The summed E-state index contributed by atoms with van der Waals surface area (Å²) in [6.45, 7) is 3.81. The monoisotopic (exact) mass is 252 g/mol. The predicted octanol–water partition coefficient (Wildman–Crippen LogP) is 2.23. The number of amides is 2. The minimum atomic E-state index is -0.719. The smallest absolute Gasteiger partial charge is 0.433 e. The second kappa shape index (κ2) is 6.48. The number of carbonyl (C=O) groups is 2. The molecule has 2 amide bonds. The number of nitrogens with one attached hydrogen (secondary N) is 1. The molecule has 6 nitrogen and oxygen atoms in total. The van der Waals surface area contributed by atoms with E-state index in [4.69, 9.17) is 4.74 Å². The van der Waals surface area contributed by atoms with Crippen LogP contribution in [0.15, 0.2) is 24.3 Å². The zero-order valence-electron chi connectivity index (χ0n) is 10.6. The van der Waals surface area contributed by atoms with E-state index in [1.165, 1.54) is 7.11 Å². The Bertz CT molecular complexity index is 417. The lowest BCUT2D eigenvalue weighted by molar-refractivity contribution is 0.144. The molecule has 18 heavy (non-hydrogen) atoms. The second-order valence-corrected chi connectivity index (χ2v) is 3.47. The number of hydrogen-bond acceptors (Lipinski definition) is 4. The second-order valence-electron chi connectivity index (χ2n) is 3.47. The van der Waals surface area contributed by atoms with Gasteiger partial charge in [0.15, 0.2) is 0 Å². The lowest BCUT2D eigenvalue weighted by Crippen LogP contribution is -2.46. The minimum Gasteiger partial charge on any atom is -0.451 e. The number of hydrazine groups is 1. The SMILES string of the molecule is CCOC(=O)NN(C(=O)OC)c1ccc(C)cc1. The highest BCUT2D eigenvalue weighted by Crippen LogP contribution is 2.14. The van der Waals surface area contributed by atoms with Crippen molar-refractivity contribution in [3.63, 3.8) is 0 Å². The van der Waals surface area contributed by atoms with Crippen LogP contribution in [-0.4, -0.2) is 25.9 Å². The highest BCUT2D eigenvalue weighted by Gasteiger charge is 2.19. The molecule has 0 bridgehead atoms. The van der Waals surface area contributed by atoms with Gasteiger partial charge in [-0.3, -0.25) is 0 Å². The van der Waals surface area contributed by atoms with Crippen LogP contribution in [0.3, 0.4) is 0 Å². The number of anilines is 1. The van der Waals surface area contributed by atoms with Crippen molar-refractivity contribution in [3.05, 3.63) is 29.8 Å². The van der Waals surface area contributed by atoms with Gasteiger partial charge >= 0.3 is 12.2 Å². The number of carbonyl (C=O) groups excluding carboxylic acids is 2. The Hall–Kier alpha value is -2.24. The molecular weight excluding hydrogens is 236 g/mol. The van der Waals surface area contributed by atoms with Crippen molar-refractivity contribution in [1.29, 1.82) is 0 Å². The Kier molecular flexibility index (Phi) is 4.98. The van der Waals surface area contributed by atoms with Gasteiger partial charge in [0.1, 0.15) is 0 Å². The normalized spacial score (nSPS) is 9.50. The molecule has 98 valence electrons. The van der Waals surface area contributed by atoms with Gasteiger partial charge in [-0.25, -0.2) is 15.0 Å². The van der Waals surface area contributed by atoms with Crippen molar-refractivity contribution in [2.24, 2.45) is 0 Å². The summed E-state index contributed by atoms with van der Waals surface area (Å²) >= 11 is 0. The number of ether oxygens (including phenoxy) is 2. The van der Waals surface area contributed by atoms with Gasteiger partial charge in [-0.15, -0.1) is 0 Å². The summed E-state index contributed by atoms with van der Waals surface area (Å²) in [4.78, 5) is 22.9. The number of aryl methyl sites for hydroxylation is 1. The number of methoxy groups -OCH3 is 1. The lowest BCUT2D eigenvalue weighted by atomic mass is 10.2. The van der Waals surface area contributed by atoms with Crippen LogP contribution in [0, 0.1) is 6.92 Å². The van der Waals surface area contributed by atoms with Gasteiger partial charge in [-0.1, -0.05) is 17.7 Å². The number of rotatable bonds is 2. The fourth-order valence-corrected chi connectivity index (χ4v) is 1.26. The topological polar surface area (TPSA) is 67.9 Å². The molecule has 0 unspecified atom stereocenters. The van der Waals surface area contributed by atoms with Crippen molar-refractivity contribution >= 4 is 17.9 Å². The lowest BCUT2D eigenvalue weighted by Gasteiger charge is -2.21. The largest absolute Gasteiger partial charge is 0.451 e. The number of benzene rings is 1. The molecule has 0 aromatic heterocycles. The van der Waals surface area contributed by atoms with E-state index in [0.29, 0.717) is 5.69 Å². The summed E-state index contributed by atoms with van der Waals surface area (Å²) in [7, 11) is 1.23. The summed E-state index contributed by atoms with van der Waals surface area (Å²) in [6, 6.07) is 7.02. The highest BCUT2D eigenvalue weighted by atomic mass is 16.6. The zero-order chi connectivity index (χ0) is 13.5. The van der Waals surface area contributed by atoms with Crippen molar-refractivity contribution in [2.75, 3.05) is 18.7 Å². The van der Waals surface area contributed by atoms with E-state index >= 15 is 0 Å². The summed E-state index contributed by atoms with van der Waals surface area (Å²) in [6.07, 6.45) is -1.42. The molecule has 0 radical (unpaired) electrons. The van der Waals surface area contributed by atoms with E-state index in [9.17, 15) is 9.59 Å². The molecule has 0 atom stereocenters. The van der Waals surface area contributed by atoms with Gasteiger partial charge < -0.3 is 9.47 Å². The van der Waals surface area contributed by atoms with Crippen LogP contribution in [0.5, 0.6) is 0 Å². The van der Waals surface area contributed by atoms with Crippen molar-refractivity contribution in [2.45, 2.75) is 13.8 Å². The van der Waals surface area contributed by atoms with Gasteiger partial charge in [0.2, 0.25) is 0 Å². The van der Waals surface area contributed by atoms with Crippen molar-refractivity contribution < 1.29 is 19.1 Å². The molecule has 0 spiro atoms. The van der Waals surface area contributed by atoms with E-state index in [-0.39, 0.29) is 6.61 Å². The number of hydrogen-bond donors (Lipinski definition) is 1. The maximum absolute atomic E-state index is 11.6. The van der Waals surface area contributed by atoms with Crippen LogP contribution >= 0.6 is 0 Å². The fraction of sp³-hybridized carbons (Fsp3) is 0.333. The first-order chi connectivity index (χ1) is 8.58. The minimum absolute atomic E-state index is 0.217. The van der Waals surface area contributed by atoms with E-state index in [2.05, 4.69) is 10.2 Å². The van der Waals surface area contributed by atoms with E-state index in [1.54, 1.807) is 19.1 Å². The van der Waals surface area contributed by atoms with E-state index in [1.807, 2.05) is 19.1 Å². The molecule has 0 saturated heterocycles. The molecule has 0 aliphatic heterocycles. The summed E-state index contributed by atoms with van der Waals surface area (Å²) in [5.41, 5.74) is 3.83. The molecule has 0 aliphatic carbocycles. The third-order valence-corrected chi connectivity index (χ3v) is 2.13. The quantitative estimate of drug-likeness (QED) is 0.819. The Morgan fingerprint density at radius 3 is 2.39 bits per heavy atom. The molecule has 1 rings (SSSR count). The van der Waals surface area contributed by atoms with Gasteiger partial charge in [-0.2, -0.15) is 5.01 Å². The third kappa shape index (κ3) is 3.65. The Morgan fingerprint density at radius 2 is 1.89 bits per heavy atom. The van der Waals surface area contributed by atoms with Gasteiger partial charge in [0, 0.05) is 0 Å².